The Morgan fingerprint density at radius 3 is 2.11 bits per heavy atom. The van der Waals surface area contributed by atoms with E-state index in [2.05, 4.69) is 13.8 Å². The number of furan rings is 1. The lowest BCUT2D eigenvalue weighted by Gasteiger charge is -2.32. The van der Waals surface area contributed by atoms with E-state index >= 15 is 0 Å². The van der Waals surface area contributed by atoms with Gasteiger partial charge in [-0.2, -0.15) is 0 Å². The molecule has 0 atom stereocenters. The first kappa shape index (κ1) is 13.7. The third kappa shape index (κ3) is 2.50. The highest BCUT2D eigenvalue weighted by Crippen LogP contribution is 2.36. The van der Waals surface area contributed by atoms with Crippen LogP contribution in [0, 0.1) is 5.92 Å². The molecule has 1 fully saturated rings. The largest absolute Gasteiger partial charge is 0.532 e. The van der Waals surface area contributed by atoms with E-state index in [1.807, 2.05) is 39.8 Å². The molecule has 2 heterocycles. The molecule has 0 unspecified atom stereocenters. The molecule has 1 aromatic heterocycles. The Balaban J connectivity index is 2.12. The van der Waals surface area contributed by atoms with Crippen molar-refractivity contribution in [3.05, 3.63) is 17.9 Å². The Morgan fingerprint density at radius 1 is 1.06 bits per heavy atom. The molecule has 0 amide bonds. The molecule has 4 heteroatoms. The topological polar surface area (TPSA) is 31.6 Å². The minimum Gasteiger partial charge on any atom is -0.470 e. The monoisotopic (exact) mass is 250 g/mol. The van der Waals surface area contributed by atoms with E-state index in [1.165, 1.54) is 0 Å². The predicted molar refractivity (Wildman–Crippen MR) is 73.0 cm³/mol. The summed E-state index contributed by atoms with van der Waals surface area (Å²) < 4.78 is 17.7. The molecule has 0 spiro atoms. The van der Waals surface area contributed by atoms with Gasteiger partial charge in [-0.1, -0.05) is 13.8 Å². The van der Waals surface area contributed by atoms with E-state index in [1.54, 1.807) is 0 Å². The summed E-state index contributed by atoms with van der Waals surface area (Å²) in [5, 5.41) is 0. The second-order valence-corrected chi connectivity index (χ2v) is 6.49. The first-order valence-electron chi connectivity index (χ1n) is 6.65. The molecule has 3 nitrogen and oxygen atoms in total. The summed E-state index contributed by atoms with van der Waals surface area (Å²) in [4.78, 5) is 0. The van der Waals surface area contributed by atoms with Crippen LogP contribution >= 0.6 is 0 Å². The molecule has 0 N–H and O–H groups in total. The fourth-order valence-corrected chi connectivity index (χ4v) is 1.99. The van der Waals surface area contributed by atoms with E-state index in [9.17, 15) is 0 Å². The summed E-state index contributed by atoms with van der Waals surface area (Å²) in [5.74, 6) is 1.58. The molecule has 1 aliphatic heterocycles. The van der Waals surface area contributed by atoms with Gasteiger partial charge in [-0.15, -0.1) is 0 Å². The van der Waals surface area contributed by atoms with Crippen LogP contribution in [0.25, 0.3) is 0 Å². The molecule has 0 radical (unpaired) electrons. The van der Waals surface area contributed by atoms with Crippen molar-refractivity contribution >= 4 is 12.8 Å². The van der Waals surface area contributed by atoms with Crippen molar-refractivity contribution in [1.82, 2.24) is 0 Å². The smallest absolute Gasteiger partial charge is 0.470 e. The summed E-state index contributed by atoms with van der Waals surface area (Å²) in [6.45, 7) is 12.5. The first-order valence-corrected chi connectivity index (χ1v) is 6.65. The van der Waals surface area contributed by atoms with E-state index in [0.717, 1.165) is 17.8 Å². The maximum absolute atomic E-state index is 5.95. The Hall–Kier alpha value is -0.735. The van der Waals surface area contributed by atoms with Crippen LogP contribution in [0.5, 0.6) is 0 Å². The average Bonchev–Trinajstić information content (AvgIpc) is 2.70. The van der Waals surface area contributed by atoms with Crippen LogP contribution < -0.4 is 5.66 Å². The van der Waals surface area contributed by atoms with Crippen LogP contribution in [-0.4, -0.2) is 18.3 Å². The minimum atomic E-state index is -0.393. The van der Waals surface area contributed by atoms with Crippen molar-refractivity contribution in [2.75, 3.05) is 0 Å². The molecule has 18 heavy (non-hydrogen) atoms. The normalized spacial score (nSPS) is 21.8. The second-order valence-electron chi connectivity index (χ2n) is 6.49. The SMILES string of the molecule is CC(C)Cc1ccc(B2OC(C)(C)C(C)(C)O2)o1. The Bertz CT molecular complexity index is 404. The van der Waals surface area contributed by atoms with Gasteiger partial charge >= 0.3 is 7.12 Å². The summed E-state index contributed by atoms with van der Waals surface area (Å²) in [6.07, 6.45) is 0.944. The highest BCUT2D eigenvalue weighted by atomic mass is 16.7. The number of hydrogen-bond donors (Lipinski definition) is 0. The molecule has 1 aliphatic rings. The molecule has 2 rings (SSSR count). The third-order valence-corrected chi connectivity index (χ3v) is 3.78. The van der Waals surface area contributed by atoms with Crippen molar-refractivity contribution in [2.45, 2.75) is 59.2 Å². The lowest BCUT2D eigenvalue weighted by molar-refractivity contribution is 0.00578. The van der Waals surface area contributed by atoms with Gasteiger partial charge in [0, 0.05) is 6.42 Å². The van der Waals surface area contributed by atoms with E-state index in [4.69, 9.17) is 13.7 Å². The van der Waals surface area contributed by atoms with Crippen LogP contribution in [0.1, 0.15) is 47.3 Å². The van der Waals surface area contributed by atoms with Gasteiger partial charge in [-0.3, -0.25) is 0 Å². The zero-order chi connectivity index (χ0) is 13.6. The molecule has 100 valence electrons. The maximum Gasteiger partial charge on any atom is 0.532 e. The summed E-state index contributed by atoms with van der Waals surface area (Å²) in [6, 6.07) is 3.97. The fourth-order valence-electron chi connectivity index (χ4n) is 1.99. The van der Waals surface area contributed by atoms with Crippen LogP contribution in [0.4, 0.5) is 0 Å². The molecule has 1 saturated heterocycles. The highest BCUT2D eigenvalue weighted by Gasteiger charge is 2.53. The Morgan fingerprint density at radius 2 is 1.61 bits per heavy atom. The van der Waals surface area contributed by atoms with Crippen LogP contribution in [0.2, 0.25) is 0 Å². The molecule has 0 bridgehead atoms. The van der Waals surface area contributed by atoms with Gasteiger partial charge in [-0.25, -0.2) is 0 Å². The first-order chi connectivity index (χ1) is 8.21. The van der Waals surface area contributed by atoms with Gasteiger partial charge in [0.1, 0.15) is 11.4 Å². The van der Waals surface area contributed by atoms with Crippen molar-refractivity contribution in [2.24, 2.45) is 5.92 Å². The van der Waals surface area contributed by atoms with Crippen molar-refractivity contribution in [1.29, 1.82) is 0 Å². The minimum absolute atomic E-state index is 0.317. The second kappa shape index (κ2) is 4.43. The van der Waals surface area contributed by atoms with Crippen molar-refractivity contribution < 1.29 is 13.7 Å². The molecule has 0 saturated carbocycles. The molecular formula is C14H23BO3. The van der Waals surface area contributed by atoms with Gasteiger partial charge in [0.05, 0.1) is 11.2 Å². The van der Waals surface area contributed by atoms with Gasteiger partial charge in [-0.05, 0) is 45.7 Å². The third-order valence-electron chi connectivity index (χ3n) is 3.78. The summed E-state index contributed by atoms with van der Waals surface area (Å²) in [7, 11) is -0.393. The summed E-state index contributed by atoms with van der Waals surface area (Å²) >= 11 is 0. The lowest BCUT2D eigenvalue weighted by Crippen LogP contribution is -2.41. The van der Waals surface area contributed by atoms with Gasteiger partial charge in [0.2, 0.25) is 0 Å². The van der Waals surface area contributed by atoms with E-state index in [-0.39, 0.29) is 11.2 Å². The average molecular weight is 250 g/mol. The fraction of sp³-hybridized carbons (Fsp3) is 0.714. The molecular weight excluding hydrogens is 227 g/mol. The van der Waals surface area contributed by atoms with E-state index in [0.29, 0.717) is 5.92 Å². The zero-order valence-corrected chi connectivity index (χ0v) is 12.2. The Labute approximate surface area is 110 Å². The zero-order valence-electron chi connectivity index (χ0n) is 12.2. The Kier molecular flexibility index (Phi) is 3.37. The predicted octanol–water partition coefficient (Wildman–Crippen LogP) is 2.78. The van der Waals surface area contributed by atoms with Crippen molar-refractivity contribution in [3.63, 3.8) is 0 Å². The molecule has 1 aromatic rings. The number of hydrogen-bond acceptors (Lipinski definition) is 3. The van der Waals surface area contributed by atoms with E-state index < -0.39 is 7.12 Å². The van der Waals surface area contributed by atoms with Gasteiger partial charge in [0.15, 0.2) is 0 Å². The maximum atomic E-state index is 5.95. The van der Waals surface area contributed by atoms with Crippen LogP contribution in [0.15, 0.2) is 16.5 Å². The van der Waals surface area contributed by atoms with Crippen LogP contribution in [-0.2, 0) is 15.7 Å². The van der Waals surface area contributed by atoms with Crippen molar-refractivity contribution in [3.8, 4) is 0 Å². The molecule has 0 aliphatic carbocycles. The molecule has 0 aromatic carbocycles. The quantitative estimate of drug-likeness (QED) is 0.773. The van der Waals surface area contributed by atoms with Gasteiger partial charge in [0.25, 0.3) is 0 Å². The van der Waals surface area contributed by atoms with Crippen LogP contribution in [0.3, 0.4) is 0 Å². The lowest BCUT2D eigenvalue weighted by atomic mass is 9.86. The standard InChI is InChI=1S/C14H23BO3/c1-10(2)9-11-7-8-12(16-11)15-17-13(3,4)14(5,6)18-15/h7-8,10H,9H2,1-6H3. The number of rotatable bonds is 3. The highest BCUT2D eigenvalue weighted by molar-refractivity contribution is 6.60. The van der Waals surface area contributed by atoms with Gasteiger partial charge < -0.3 is 13.7 Å². The summed E-state index contributed by atoms with van der Waals surface area (Å²) in [5.41, 5.74) is 0.134.